The number of amides is 2. The van der Waals surface area contributed by atoms with Gasteiger partial charge in [0.1, 0.15) is 12.4 Å². The van der Waals surface area contributed by atoms with Crippen LogP contribution in [0.25, 0.3) is 0 Å². The van der Waals surface area contributed by atoms with Crippen molar-refractivity contribution in [1.29, 1.82) is 0 Å². The molecule has 0 radical (unpaired) electrons. The van der Waals surface area contributed by atoms with Crippen LogP contribution in [0.3, 0.4) is 0 Å². The van der Waals surface area contributed by atoms with E-state index in [1.165, 1.54) is 12.1 Å². The Labute approximate surface area is 143 Å². The molecule has 1 atom stereocenters. The third-order valence-electron chi connectivity index (χ3n) is 3.31. The summed E-state index contributed by atoms with van der Waals surface area (Å²) in [5.74, 6) is -1.04. The number of rotatable bonds is 6. The number of nitrogens with one attached hydrogen (secondary N) is 1. The van der Waals surface area contributed by atoms with Crippen LogP contribution in [0.1, 0.15) is 23.6 Å². The average molecular weight is 351 g/mol. The summed E-state index contributed by atoms with van der Waals surface area (Å²) in [4.78, 5) is 23.1. The molecule has 2 rings (SSSR count). The van der Waals surface area contributed by atoms with E-state index in [1.54, 1.807) is 36.4 Å². The quantitative estimate of drug-likeness (QED) is 0.784. The van der Waals surface area contributed by atoms with Gasteiger partial charge in [0, 0.05) is 10.6 Å². The number of hydrogen-bond acceptors (Lipinski definition) is 3. The first kappa shape index (κ1) is 17.7. The van der Waals surface area contributed by atoms with Crippen molar-refractivity contribution in [3.63, 3.8) is 0 Å². The molecule has 2 aromatic rings. The summed E-state index contributed by atoms with van der Waals surface area (Å²) in [6, 6.07) is 11.2. The molecule has 0 aliphatic heterocycles. The van der Waals surface area contributed by atoms with E-state index < -0.39 is 23.9 Å². The number of hydrogen-bond donors (Lipinski definition) is 2. The molecule has 0 unspecified atom stereocenters. The lowest BCUT2D eigenvalue weighted by molar-refractivity contribution is -0.145. The second kappa shape index (κ2) is 8.31. The Morgan fingerprint density at radius 1 is 1.17 bits per heavy atom. The zero-order chi connectivity index (χ0) is 17.5. The Bertz CT molecular complexity index is 722. The predicted molar refractivity (Wildman–Crippen MR) is 87.7 cm³/mol. The first-order valence-corrected chi connectivity index (χ1v) is 7.54. The van der Waals surface area contributed by atoms with E-state index in [0.717, 1.165) is 0 Å². The maximum atomic E-state index is 13.5. The summed E-state index contributed by atoms with van der Waals surface area (Å²) in [6.07, 6.45) is -0.140. The van der Waals surface area contributed by atoms with E-state index in [0.29, 0.717) is 10.6 Å². The number of urea groups is 1. The van der Waals surface area contributed by atoms with Crippen LogP contribution in [0, 0.1) is 5.82 Å². The van der Waals surface area contributed by atoms with Crippen LogP contribution in [0.5, 0.6) is 0 Å². The van der Waals surface area contributed by atoms with Crippen LogP contribution in [-0.4, -0.2) is 12.0 Å². The molecule has 5 nitrogen and oxygen atoms in total. The highest BCUT2D eigenvalue weighted by Crippen LogP contribution is 2.20. The SMILES string of the molecule is NC(=O)N[C@@H](CC(=O)OCc1ccccc1F)c1ccc(Cl)cc1. The molecule has 0 saturated carbocycles. The highest BCUT2D eigenvalue weighted by atomic mass is 35.5. The zero-order valence-corrected chi connectivity index (χ0v) is 13.4. The fourth-order valence-corrected chi connectivity index (χ4v) is 2.24. The minimum absolute atomic E-state index is 0.140. The summed E-state index contributed by atoms with van der Waals surface area (Å²) in [5, 5.41) is 3.00. The summed E-state index contributed by atoms with van der Waals surface area (Å²) in [6.45, 7) is -0.185. The lowest BCUT2D eigenvalue weighted by Crippen LogP contribution is -2.34. The minimum atomic E-state index is -0.767. The highest BCUT2D eigenvalue weighted by Gasteiger charge is 2.19. The Kier molecular flexibility index (Phi) is 6.14. The van der Waals surface area contributed by atoms with Crippen LogP contribution < -0.4 is 11.1 Å². The number of benzene rings is 2. The molecule has 0 spiro atoms. The number of ether oxygens (including phenoxy) is 1. The van der Waals surface area contributed by atoms with Gasteiger partial charge in [-0.3, -0.25) is 4.79 Å². The third kappa shape index (κ3) is 5.24. The van der Waals surface area contributed by atoms with E-state index in [4.69, 9.17) is 22.1 Å². The van der Waals surface area contributed by atoms with Gasteiger partial charge in [0.2, 0.25) is 0 Å². The Balaban J connectivity index is 2.00. The fourth-order valence-electron chi connectivity index (χ4n) is 2.12. The van der Waals surface area contributed by atoms with Crippen molar-refractivity contribution in [2.75, 3.05) is 0 Å². The zero-order valence-electron chi connectivity index (χ0n) is 12.7. The van der Waals surface area contributed by atoms with Crippen LogP contribution in [0.2, 0.25) is 5.02 Å². The minimum Gasteiger partial charge on any atom is -0.461 e. The molecule has 0 aliphatic rings. The van der Waals surface area contributed by atoms with Crippen molar-refractivity contribution in [1.82, 2.24) is 5.32 Å². The highest BCUT2D eigenvalue weighted by molar-refractivity contribution is 6.30. The van der Waals surface area contributed by atoms with Crippen molar-refractivity contribution >= 4 is 23.6 Å². The van der Waals surface area contributed by atoms with Crippen molar-refractivity contribution in [2.45, 2.75) is 19.1 Å². The van der Waals surface area contributed by atoms with Crippen LogP contribution in [0.4, 0.5) is 9.18 Å². The van der Waals surface area contributed by atoms with Crippen LogP contribution in [-0.2, 0) is 16.1 Å². The first-order valence-electron chi connectivity index (χ1n) is 7.16. The molecule has 2 amide bonds. The van der Waals surface area contributed by atoms with Gasteiger partial charge >= 0.3 is 12.0 Å². The largest absolute Gasteiger partial charge is 0.461 e. The number of nitrogens with two attached hydrogens (primary N) is 1. The van der Waals surface area contributed by atoms with Gasteiger partial charge in [-0.25, -0.2) is 9.18 Å². The molecule has 24 heavy (non-hydrogen) atoms. The maximum Gasteiger partial charge on any atom is 0.312 e. The van der Waals surface area contributed by atoms with Gasteiger partial charge in [-0.1, -0.05) is 41.9 Å². The van der Waals surface area contributed by atoms with E-state index in [2.05, 4.69) is 5.32 Å². The topological polar surface area (TPSA) is 81.4 Å². The molecule has 0 aromatic heterocycles. The Hall–Kier alpha value is -2.60. The molecule has 0 saturated heterocycles. The Morgan fingerprint density at radius 3 is 2.46 bits per heavy atom. The Morgan fingerprint density at radius 2 is 1.83 bits per heavy atom. The molecule has 0 heterocycles. The summed E-state index contributed by atoms with van der Waals surface area (Å²) >= 11 is 5.82. The smallest absolute Gasteiger partial charge is 0.312 e. The van der Waals surface area contributed by atoms with Gasteiger partial charge in [0.25, 0.3) is 0 Å². The fraction of sp³-hybridized carbons (Fsp3) is 0.176. The molecule has 0 bridgehead atoms. The number of esters is 1. The lowest BCUT2D eigenvalue weighted by Gasteiger charge is -2.17. The third-order valence-corrected chi connectivity index (χ3v) is 3.56. The number of carbonyl (C=O) groups excluding carboxylic acids is 2. The van der Waals surface area contributed by atoms with Crippen molar-refractivity contribution in [2.24, 2.45) is 5.73 Å². The lowest BCUT2D eigenvalue weighted by atomic mass is 10.0. The van der Waals surface area contributed by atoms with Crippen molar-refractivity contribution in [3.8, 4) is 0 Å². The number of halogens is 2. The van der Waals surface area contributed by atoms with E-state index in [9.17, 15) is 14.0 Å². The second-order valence-corrected chi connectivity index (χ2v) is 5.51. The normalized spacial score (nSPS) is 11.6. The van der Waals surface area contributed by atoms with Crippen molar-refractivity contribution in [3.05, 3.63) is 70.5 Å². The molecular formula is C17H16ClFN2O3. The van der Waals surface area contributed by atoms with Gasteiger partial charge in [0.05, 0.1) is 12.5 Å². The van der Waals surface area contributed by atoms with Gasteiger partial charge in [-0.15, -0.1) is 0 Å². The maximum absolute atomic E-state index is 13.5. The summed E-state index contributed by atoms with van der Waals surface area (Å²) < 4.78 is 18.6. The molecule has 7 heteroatoms. The monoisotopic (exact) mass is 350 g/mol. The standard InChI is InChI=1S/C17H16ClFN2O3/c18-13-7-5-11(6-8-13)15(21-17(20)23)9-16(22)24-10-12-3-1-2-4-14(12)19/h1-8,15H,9-10H2,(H3,20,21,23)/t15-/m0/s1. The van der Waals surface area contributed by atoms with Gasteiger partial charge in [-0.2, -0.15) is 0 Å². The van der Waals surface area contributed by atoms with Gasteiger partial charge in [-0.05, 0) is 23.8 Å². The van der Waals surface area contributed by atoms with E-state index >= 15 is 0 Å². The molecular weight excluding hydrogens is 335 g/mol. The molecule has 0 aliphatic carbocycles. The molecule has 3 N–H and O–H groups in total. The summed E-state index contributed by atoms with van der Waals surface area (Å²) in [5.41, 5.74) is 6.07. The molecule has 2 aromatic carbocycles. The molecule has 0 fully saturated rings. The van der Waals surface area contributed by atoms with Gasteiger partial charge < -0.3 is 15.8 Å². The van der Waals surface area contributed by atoms with Crippen molar-refractivity contribution < 1.29 is 18.7 Å². The van der Waals surface area contributed by atoms with E-state index in [1.807, 2.05) is 0 Å². The second-order valence-electron chi connectivity index (χ2n) is 5.07. The summed E-state index contributed by atoms with van der Waals surface area (Å²) in [7, 11) is 0. The number of primary amides is 1. The molecule has 126 valence electrons. The van der Waals surface area contributed by atoms with Crippen LogP contribution in [0.15, 0.2) is 48.5 Å². The van der Waals surface area contributed by atoms with E-state index in [-0.39, 0.29) is 18.6 Å². The first-order chi connectivity index (χ1) is 11.5. The van der Waals surface area contributed by atoms with Crippen LogP contribution >= 0.6 is 11.6 Å². The predicted octanol–water partition coefficient (Wildman–Crippen LogP) is 3.32. The average Bonchev–Trinajstić information content (AvgIpc) is 2.54. The van der Waals surface area contributed by atoms with Gasteiger partial charge in [0.15, 0.2) is 0 Å². The number of carbonyl (C=O) groups is 2.